The van der Waals surface area contributed by atoms with Crippen LogP contribution < -0.4 is 5.32 Å². The van der Waals surface area contributed by atoms with Gasteiger partial charge in [-0.05, 0) is 39.5 Å². The largest absolute Gasteiger partial charge is 0.476 e. The Labute approximate surface area is 135 Å². The lowest BCUT2D eigenvalue weighted by atomic mass is 9.85. The Balaban J connectivity index is 1.95. The van der Waals surface area contributed by atoms with E-state index in [2.05, 4.69) is 15.6 Å². The van der Waals surface area contributed by atoms with Crippen molar-refractivity contribution in [3.8, 4) is 0 Å². The van der Waals surface area contributed by atoms with Crippen LogP contribution in [-0.2, 0) is 17.7 Å². The number of carboxylic acids is 1. The van der Waals surface area contributed by atoms with Crippen LogP contribution >= 0.6 is 0 Å². The number of nitrogens with zero attached hydrogens (tertiary/aromatic N) is 3. The normalized spacial score (nSPS) is 15.1. The molecule has 0 radical (unpaired) electrons. The summed E-state index contributed by atoms with van der Waals surface area (Å²) >= 11 is 0. The molecule has 1 heterocycles. The van der Waals surface area contributed by atoms with Gasteiger partial charge in [0.25, 0.3) is 0 Å². The van der Waals surface area contributed by atoms with E-state index in [0.717, 1.165) is 12.8 Å². The van der Waals surface area contributed by atoms with Gasteiger partial charge in [0.2, 0.25) is 0 Å². The minimum Gasteiger partial charge on any atom is -0.476 e. The molecule has 0 unspecified atom stereocenters. The molecular formula is C15H24N4O4. The van der Waals surface area contributed by atoms with Crippen LogP contribution in [-0.4, -0.2) is 44.3 Å². The highest BCUT2D eigenvalue weighted by Crippen LogP contribution is 2.28. The zero-order valence-electron chi connectivity index (χ0n) is 13.8. The van der Waals surface area contributed by atoms with Crippen LogP contribution in [0.2, 0.25) is 0 Å². The fraction of sp³-hybridized carbons (Fsp3) is 0.733. The van der Waals surface area contributed by atoms with Crippen molar-refractivity contribution in [1.82, 2.24) is 20.3 Å². The third-order valence-corrected chi connectivity index (χ3v) is 3.73. The number of rotatable bonds is 6. The molecule has 0 spiro atoms. The second-order valence-electron chi connectivity index (χ2n) is 6.85. The first-order valence-corrected chi connectivity index (χ1v) is 7.89. The molecule has 128 valence electrons. The Bertz CT molecular complexity index is 573. The fourth-order valence-corrected chi connectivity index (χ4v) is 2.41. The minimum absolute atomic E-state index is 0.0460. The maximum atomic E-state index is 11.6. The molecule has 0 aliphatic heterocycles. The highest BCUT2D eigenvalue weighted by Gasteiger charge is 2.24. The molecule has 8 heteroatoms. The number of aromatic carboxylic acids is 1. The van der Waals surface area contributed by atoms with E-state index in [1.807, 2.05) is 0 Å². The van der Waals surface area contributed by atoms with E-state index in [4.69, 9.17) is 4.74 Å². The van der Waals surface area contributed by atoms with Gasteiger partial charge in [0.05, 0.1) is 5.69 Å². The Morgan fingerprint density at radius 2 is 2.09 bits per heavy atom. The predicted octanol–water partition coefficient (Wildman–Crippen LogP) is 1.84. The van der Waals surface area contributed by atoms with E-state index in [1.165, 1.54) is 6.42 Å². The van der Waals surface area contributed by atoms with Crippen molar-refractivity contribution < 1.29 is 19.4 Å². The Kier molecular flexibility index (Phi) is 5.23. The molecule has 8 nitrogen and oxygen atoms in total. The first kappa shape index (κ1) is 17.2. The van der Waals surface area contributed by atoms with Crippen LogP contribution in [0.5, 0.6) is 0 Å². The lowest BCUT2D eigenvalue weighted by Crippen LogP contribution is -2.34. The molecule has 2 N–H and O–H groups in total. The average Bonchev–Trinajstić information content (AvgIpc) is 2.75. The highest BCUT2D eigenvalue weighted by molar-refractivity contribution is 5.86. The van der Waals surface area contributed by atoms with Crippen LogP contribution in [0.4, 0.5) is 4.79 Å². The van der Waals surface area contributed by atoms with Gasteiger partial charge >= 0.3 is 12.1 Å². The first-order chi connectivity index (χ1) is 10.8. The topological polar surface area (TPSA) is 106 Å². The molecular weight excluding hydrogens is 300 g/mol. The number of carbonyl (C=O) groups excluding carboxylic acids is 1. The lowest BCUT2D eigenvalue weighted by molar-refractivity contribution is 0.0528. The summed E-state index contributed by atoms with van der Waals surface area (Å²) in [6.07, 6.45) is 3.31. The number of ether oxygens (including phenoxy) is 1. The summed E-state index contributed by atoms with van der Waals surface area (Å²) in [4.78, 5) is 22.9. The monoisotopic (exact) mass is 324 g/mol. The van der Waals surface area contributed by atoms with Gasteiger partial charge in [-0.1, -0.05) is 11.6 Å². The van der Waals surface area contributed by atoms with Gasteiger partial charge < -0.3 is 15.2 Å². The maximum Gasteiger partial charge on any atom is 0.407 e. The zero-order chi connectivity index (χ0) is 17.0. The van der Waals surface area contributed by atoms with E-state index in [0.29, 0.717) is 24.6 Å². The summed E-state index contributed by atoms with van der Waals surface area (Å²) in [6.45, 7) is 6.31. The first-order valence-electron chi connectivity index (χ1n) is 7.89. The van der Waals surface area contributed by atoms with E-state index in [9.17, 15) is 14.7 Å². The van der Waals surface area contributed by atoms with E-state index in [-0.39, 0.29) is 12.2 Å². The molecule has 1 aromatic heterocycles. The number of carbonyl (C=O) groups is 2. The van der Waals surface area contributed by atoms with Crippen LogP contribution in [0, 0.1) is 5.92 Å². The second-order valence-corrected chi connectivity index (χ2v) is 6.85. The molecule has 1 aliphatic carbocycles. The summed E-state index contributed by atoms with van der Waals surface area (Å²) in [5.41, 5.74) is -0.0695. The van der Waals surface area contributed by atoms with Gasteiger partial charge in [0, 0.05) is 19.5 Å². The molecule has 1 fully saturated rings. The predicted molar refractivity (Wildman–Crippen MR) is 82.3 cm³/mol. The van der Waals surface area contributed by atoms with Gasteiger partial charge in [-0.2, -0.15) is 0 Å². The van der Waals surface area contributed by atoms with Crippen LogP contribution in [0.3, 0.4) is 0 Å². The van der Waals surface area contributed by atoms with Gasteiger partial charge in [0.1, 0.15) is 5.60 Å². The Morgan fingerprint density at radius 3 is 2.61 bits per heavy atom. The smallest absolute Gasteiger partial charge is 0.407 e. The van der Waals surface area contributed by atoms with Crippen LogP contribution in [0.15, 0.2) is 0 Å². The van der Waals surface area contributed by atoms with Crippen molar-refractivity contribution in [1.29, 1.82) is 0 Å². The molecule has 0 atom stereocenters. The quantitative estimate of drug-likeness (QED) is 0.827. The van der Waals surface area contributed by atoms with E-state index < -0.39 is 17.7 Å². The fourth-order valence-electron chi connectivity index (χ4n) is 2.41. The summed E-state index contributed by atoms with van der Waals surface area (Å²) < 4.78 is 6.81. The van der Waals surface area contributed by atoms with Crippen molar-refractivity contribution in [3.05, 3.63) is 11.4 Å². The van der Waals surface area contributed by atoms with E-state index in [1.54, 1.807) is 25.5 Å². The van der Waals surface area contributed by atoms with Gasteiger partial charge in [-0.3, -0.25) is 0 Å². The maximum absolute atomic E-state index is 11.6. The van der Waals surface area contributed by atoms with Gasteiger partial charge in [-0.15, -0.1) is 5.10 Å². The highest BCUT2D eigenvalue weighted by atomic mass is 16.6. The van der Waals surface area contributed by atoms with Crippen LogP contribution in [0.1, 0.15) is 56.2 Å². The molecule has 1 amide bonds. The van der Waals surface area contributed by atoms with Crippen LogP contribution in [0.25, 0.3) is 0 Å². The third-order valence-electron chi connectivity index (χ3n) is 3.73. The zero-order valence-corrected chi connectivity index (χ0v) is 13.8. The molecule has 1 aliphatic rings. The molecule has 0 saturated heterocycles. The standard InChI is InChI=1S/C15H24N4O4/c1-15(2,3)23-14(22)16-8-7-11-12(13(20)21)17-18-19(11)9-10-5-4-6-10/h10H,4-9H2,1-3H3,(H,16,22)(H,20,21). The third kappa shape index (κ3) is 4.94. The van der Waals surface area contributed by atoms with Gasteiger partial charge in [0.15, 0.2) is 5.69 Å². The molecule has 1 aromatic rings. The number of nitrogens with one attached hydrogen (secondary N) is 1. The molecule has 0 bridgehead atoms. The molecule has 0 aromatic carbocycles. The summed E-state index contributed by atoms with van der Waals surface area (Å²) in [5, 5.41) is 19.6. The van der Waals surface area contributed by atoms with Crippen molar-refractivity contribution in [2.45, 2.75) is 58.6 Å². The van der Waals surface area contributed by atoms with Crippen molar-refractivity contribution >= 4 is 12.1 Å². The summed E-state index contributed by atoms with van der Waals surface area (Å²) in [5.74, 6) is -0.562. The number of aromatic nitrogens is 3. The SMILES string of the molecule is CC(C)(C)OC(=O)NCCc1c(C(=O)O)nnn1CC1CCC1. The summed E-state index contributed by atoms with van der Waals surface area (Å²) in [6, 6.07) is 0. The minimum atomic E-state index is -1.10. The average molecular weight is 324 g/mol. The number of alkyl carbamates (subject to hydrolysis) is 1. The number of amides is 1. The lowest BCUT2D eigenvalue weighted by Gasteiger charge is -2.25. The van der Waals surface area contributed by atoms with E-state index >= 15 is 0 Å². The van der Waals surface area contributed by atoms with Gasteiger partial charge in [-0.25, -0.2) is 14.3 Å². The Morgan fingerprint density at radius 1 is 1.39 bits per heavy atom. The molecule has 23 heavy (non-hydrogen) atoms. The Hall–Kier alpha value is -2.12. The number of carboxylic acid groups (broad SMARTS) is 1. The summed E-state index contributed by atoms with van der Waals surface area (Å²) in [7, 11) is 0. The second kappa shape index (κ2) is 6.97. The molecule has 1 saturated carbocycles. The van der Waals surface area contributed by atoms with Crippen molar-refractivity contribution in [3.63, 3.8) is 0 Å². The van der Waals surface area contributed by atoms with Crippen molar-refractivity contribution in [2.75, 3.05) is 6.54 Å². The molecule has 2 rings (SSSR count). The number of hydrogen-bond acceptors (Lipinski definition) is 5. The van der Waals surface area contributed by atoms with Crippen molar-refractivity contribution in [2.24, 2.45) is 5.92 Å². The number of hydrogen-bond donors (Lipinski definition) is 2.